The third-order valence-electron chi connectivity index (χ3n) is 3.71. The van der Waals surface area contributed by atoms with Crippen molar-refractivity contribution >= 4 is 5.97 Å². The summed E-state index contributed by atoms with van der Waals surface area (Å²) in [6.45, 7) is 5.65. The van der Waals surface area contributed by atoms with E-state index < -0.39 is 11.4 Å². The number of aliphatic carboxylic acids is 1. The second-order valence-corrected chi connectivity index (χ2v) is 6.00. The molecular weight excluding hydrogens is 268 g/mol. The molecule has 0 bridgehead atoms. The molecule has 0 spiro atoms. The quantitative estimate of drug-likeness (QED) is 0.938. The zero-order chi connectivity index (χ0) is 15.8. The van der Waals surface area contributed by atoms with E-state index in [0.29, 0.717) is 0 Å². The first-order valence-electron chi connectivity index (χ1n) is 6.80. The van der Waals surface area contributed by atoms with Crippen molar-refractivity contribution in [3.8, 4) is 5.69 Å². The summed E-state index contributed by atoms with van der Waals surface area (Å²) < 4.78 is 3.16. The molecule has 1 heterocycles. The molecule has 2 rings (SSSR count). The van der Waals surface area contributed by atoms with Gasteiger partial charge in [-0.25, -0.2) is 4.79 Å². The summed E-state index contributed by atoms with van der Waals surface area (Å²) in [5.41, 5.74) is 1.90. The van der Waals surface area contributed by atoms with Crippen LogP contribution in [0.25, 0.3) is 5.69 Å². The lowest BCUT2D eigenvalue weighted by atomic mass is 9.81. The van der Waals surface area contributed by atoms with Crippen LogP contribution in [-0.4, -0.2) is 20.2 Å². The highest BCUT2D eigenvalue weighted by atomic mass is 16.4. The van der Waals surface area contributed by atoms with Crippen LogP contribution in [0.15, 0.2) is 35.3 Å². The van der Waals surface area contributed by atoms with E-state index in [1.807, 2.05) is 45.0 Å². The molecule has 0 radical (unpaired) electrons. The summed E-state index contributed by atoms with van der Waals surface area (Å²) in [7, 11) is 1.71. The van der Waals surface area contributed by atoms with Crippen molar-refractivity contribution in [2.75, 3.05) is 0 Å². The SMILES string of the molecule is Cc1cn(C)c(=O)n1-c1cccc(C(C)(C)CC(=O)O)c1. The molecule has 1 aromatic carbocycles. The van der Waals surface area contributed by atoms with Gasteiger partial charge < -0.3 is 9.67 Å². The fourth-order valence-electron chi connectivity index (χ4n) is 2.56. The summed E-state index contributed by atoms with van der Waals surface area (Å²) in [5, 5.41) is 9.03. The molecule has 2 aromatic rings. The molecule has 0 unspecified atom stereocenters. The van der Waals surface area contributed by atoms with E-state index in [1.165, 1.54) is 4.57 Å². The van der Waals surface area contributed by atoms with Crippen molar-refractivity contribution in [2.45, 2.75) is 32.6 Å². The maximum absolute atomic E-state index is 12.2. The average Bonchev–Trinajstić information content (AvgIpc) is 2.62. The predicted octanol–water partition coefficient (Wildman–Crippen LogP) is 2.24. The molecular formula is C16H20N2O3. The smallest absolute Gasteiger partial charge is 0.332 e. The maximum Gasteiger partial charge on any atom is 0.332 e. The van der Waals surface area contributed by atoms with Crippen LogP contribution in [0.2, 0.25) is 0 Å². The zero-order valence-electron chi connectivity index (χ0n) is 12.8. The molecule has 1 N–H and O–H groups in total. The third-order valence-corrected chi connectivity index (χ3v) is 3.71. The van der Waals surface area contributed by atoms with Gasteiger partial charge in [-0.05, 0) is 24.6 Å². The topological polar surface area (TPSA) is 64.2 Å². The van der Waals surface area contributed by atoms with Crippen LogP contribution in [-0.2, 0) is 17.3 Å². The van der Waals surface area contributed by atoms with Gasteiger partial charge in [0.25, 0.3) is 0 Å². The Morgan fingerprint density at radius 2 is 2.00 bits per heavy atom. The van der Waals surface area contributed by atoms with Crippen LogP contribution in [0.1, 0.15) is 31.5 Å². The predicted molar refractivity (Wildman–Crippen MR) is 81.0 cm³/mol. The highest BCUT2D eigenvalue weighted by Crippen LogP contribution is 2.28. The second kappa shape index (κ2) is 5.24. The van der Waals surface area contributed by atoms with Gasteiger partial charge in [0.05, 0.1) is 12.1 Å². The minimum Gasteiger partial charge on any atom is -0.481 e. The number of hydrogen-bond donors (Lipinski definition) is 1. The van der Waals surface area contributed by atoms with E-state index in [1.54, 1.807) is 17.8 Å². The number of nitrogens with zero attached hydrogens (tertiary/aromatic N) is 2. The second-order valence-electron chi connectivity index (χ2n) is 6.00. The summed E-state index contributed by atoms with van der Waals surface area (Å²) in [6, 6.07) is 7.50. The number of carboxylic acid groups (broad SMARTS) is 1. The fourth-order valence-corrected chi connectivity index (χ4v) is 2.56. The summed E-state index contributed by atoms with van der Waals surface area (Å²) in [4.78, 5) is 23.2. The standard InChI is InChI=1S/C16H20N2O3/c1-11-10-17(4)15(21)18(11)13-7-5-6-12(8-13)16(2,3)9-14(19)20/h5-8,10H,9H2,1-4H3,(H,19,20). The van der Waals surface area contributed by atoms with E-state index in [4.69, 9.17) is 5.11 Å². The number of aromatic nitrogens is 2. The molecule has 1 aromatic heterocycles. The Hall–Kier alpha value is -2.30. The molecule has 5 nitrogen and oxygen atoms in total. The summed E-state index contributed by atoms with van der Waals surface area (Å²) in [6.07, 6.45) is 1.82. The van der Waals surface area contributed by atoms with Crippen LogP contribution in [0, 0.1) is 6.92 Å². The third kappa shape index (κ3) is 2.91. The van der Waals surface area contributed by atoms with Gasteiger partial charge in [-0.2, -0.15) is 0 Å². The van der Waals surface area contributed by atoms with Gasteiger partial charge in [0.15, 0.2) is 0 Å². The number of imidazole rings is 1. The Morgan fingerprint density at radius 1 is 1.33 bits per heavy atom. The average molecular weight is 288 g/mol. The molecule has 0 aliphatic heterocycles. The highest BCUT2D eigenvalue weighted by molar-refractivity contribution is 5.69. The molecule has 0 atom stereocenters. The minimum absolute atomic E-state index is 0.0408. The number of carboxylic acids is 1. The van der Waals surface area contributed by atoms with Gasteiger partial charge >= 0.3 is 11.7 Å². The first-order chi connectivity index (χ1) is 9.72. The zero-order valence-corrected chi connectivity index (χ0v) is 12.8. The van der Waals surface area contributed by atoms with Gasteiger partial charge in [-0.3, -0.25) is 9.36 Å². The van der Waals surface area contributed by atoms with Crippen molar-refractivity contribution in [3.63, 3.8) is 0 Å². The lowest BCUT2D eigenvalue weighted by Gasteiger charge is -2.23. The van der Waals surface area contributed by atoms with Gasteiger partial charge in [-0.1, -0.05) is 26.0 Å². The van der Waals surface area contributed by atoms with Crippen LogP contribution in [0.3, 0.4) is 0 Å². The summed E-state index contributed by atoms with van der Waals surface area (Å²) >= 11 is 0. The molecule has 0 saturated carbocycles. The minimum atomic E-state index is -0.835. The first kappa shape index (κ1) is 15.1. The van der Waals surface area contributed by atoms with Gasteiger partial charge in [0, 0.05) is 24.4 Å². The molecule has 0 aliphatic carbocycles. The molecule has 112 valence electrons. The van der Waals surface area contributed by atoms with Crippen LogP contribution < -0.4 is 5.69 Å². The van der Waals surface area contributed by atoms with Gasteiger partial charge in [0.2, 0.25) is 0 Å². The normalized spacial score (nSPS) is 11.6. The first-order valence-corrected chi connectivity index (χ1v) is 6.80. The molecule has 0 amide bonds. The number of benzene rings is 1. The lowest BCUT2D eigenvalue weighted by Crippen LogP contribution is -2.24. The van der Waals surface area contributed by atoms with E-state index in [9.17, 15) is 9.59 Å². The molecule has 0 aliphatic rings. The van der Waals surface area contributed by atoms with Crippen molar-refractivity contribution in [1.82, 2.24) is 9.13 Å². The Kier molecular flexibility index (Phi) is 3.77. The van der Waals surface area contributed by atoms with E-state index in [0.717, 1.165) is 16.9 Å². The molecule has 0 fully saturated rings. The highest BCUT2D eigenvalue weighted by Gasteiger charge is 2.24. The monoisotopic (exact) mass is 288 g/mol. The Bertz CT molecular complexity index is 738. The summed E-state index contributed by atoms with van der Waals surface area (Å²) in [5.74, 6) is -0.835. The van der Waals surface area contributed by atoms with Crippen LogP contribution in [0.4, 0.5) is 0 Å². The maximum atomic E-state index is 12.2. The van der Waals surface area contributed by atoms with E-state index >= 15 is 0 Å². The van der Waals surface area contributed by atoms with Crippen LogP contribution in [0.5, 0.6) is 0 Å². The van der Waals surface area contributed by atoms with Gasteiger partial charge in [-0.15, -0.1) is 0 Å². The number of rotatable bonds is 4. The van der Waals surface area contributed by atoms with Crippen molar-refractivity contribution < 1.29 is 9.90 Å². The van der Waals surface area contributed by atoms with E-state index in [-0.39, 0.29) is 12.1 Å². The van der Waals surface area contributed by atoms with Crippen molar-refractivity contribution in [2.24, 2.45) is 7.05 Å². The fraction of sp³-hybridized carbons (Fsp3) is 0.375. The van der Waals surface area contributed by atoms with Gasteiger partial charge in [0.1, 0.15) is 0 Å². The van der Waals surface area contributed by atoms with Crippen LogP contribution >= 0.6 is 0 Å². The molecule has 5 heteroatoms. The number of carbonyl (C=O) groups is 1. The lowest BCUT2D eigenvalue weighted by molar-refractivity contribution is -0.138. The largest absolute Gasteiger partial charge is 0.481 e. The van der Waals surface area contributed by atoms with E-state index in [2.05, 4.69) is 0 Å². The number of hydrogen-bond acceptors (Lipinski definition) is 2. The van der Waals surface area contributed by atoms with Crippen molar-refractivity contribution in [3.05, 3.63) is 52.2 Å². The molecule has 21 heavy (non-hydrogen) atoms. The van der Waals surface area contributed by atoms with Crippen molar-refractivity contribution in [1.29, 1.82) is 0 Å². The molecule has 0 saturated heterocycles. The number of aryl methyl sites for hydroxylation is 2. The Labute approximate surface area is 123 Å². The Morgan fingerprint density at radius 3 is 2.52 bits per heavy atom. The Balaban J connectivity index is 2.52.